The van der Waals surface area contributed by atoms with Gasteiger partial charge in [0.25, 0.3) is 0 Å². The molecule has 3 atom stereocenters. The van der Waals surface area contributed by atoms with Crippen LogP contribution in [0.1, 0.15) is 44.7 Å². The quantitative estimate of drug-likeness (QED) is 0.744. The third-order valence-electron chi connectivity index (χ3n) is 4.93. The van der Waals surface area contributed by atoms with Gasteiger partial charge >= 0.3 is 0 Å². The molecule has 2 heteroatoms. The zero-order valence-electron chi connectivity index (χ0n) is 12.9. The molecule has 0 aromatic heterocycles. The molecule has 2 aromatic carbocycles. The van der Waals surface area contributed by atoms with Crippen molar-refractivity contribution < 1.29 is 0 Å². The maximum atomic E-state index is 6.61. The zero-order valence-corrected chi connectivity index (χ0v) is 14.4. The van der Waals surface area contributed by atoms with Crippen molar-refractivity contribution >= 4 is 26.7 Å². The first-order valence-corrected chi connectivity index (χ1v) is 8.77. The van der Waals surface area contributed by atoms with Gasteiger partial charge in [-0.15, -0.1) is 0 Å². The highest BCUT2D eigenvalue weighted by Crippen LogP contribution is 2.39. The van der Waals surface area contributed by atoms with E-state index >= 15 is 0 Å². The molecule has 1 nitrogen and oxygen atoms in total. The lowest BCUT2D eigenvalue weighted by atomic mass is 9.72. The third kappa shape index (κ3) is 3.32. The number of hydrogen-bond acceptors (Lipinski definition) is 1. The summed E-state index contributed by atoms with van der Waals surface area (Å²) in [5, 5.41) is 2.55. The highest BCUT2D eigenvalue weighted by atomic mass is 79.9. The number of fused-ring (bicyclic) bond motifs is 1. The number of benzene rings is 2. The van der Waals surface area contributed by atoms with Crippen molar-refractivity contribution in [1.29, 1.82) is 0 Å². The van der Waals surface area contributed by atoms with Crippen LogP contribution in [-0.2, 0) is 0 Å². The summed E-state index contributed by atoms with van der Waals surface area (Å²) in [6.07, 6.45) is 3.89. The zero-order chi connectivity index (χ0) is 15.0. The van der Waals surface area contributed by atoms with Crippen LogP contribution in [0.2, 0.25) is 0 Å². The minimum absolute atomic E-state index is 0.170. The molecule has 3 rings (SSSR count). The summed E-state index contributed by atoms with van der Waals surface area (Å²) in [5.41, 5.74) is 7.89. The maximum absolute atomic E-state index is 6.61. The molecule has 112 valence electrons. The Balaban J connectivity index is 1.87. The van der Waals surface area contributed by atoms with Crippen LogP contribution < -0.4 is 5.73 Å². The number of nitrogens with two attached hydrogens (primary N) is 1. The van der Waals surface area contributed by atoms with E-state index in [1.54, 1.807) is 0 Å². The van der Waals surface area contributed by atoms with Crippen LogP contribution in [0.25, 0.3) is 10.8 Å². The van der Waals surface area contributed by atoms with E-state index in [0.717, 1.165) is 16.3 Å². The van der Waals surface area contributed by atoms with Gasteiger partial charge in [-0.2, -0.15) is 0 Å². The van der Waals surface area contributed by atoms with Crippen molar-refractivity contribution in [2.75, 3.05) is 0 Å². The van der Waals surface area contributed by atoms with Gasteiger partial charge in [-0.25, -0.2) is 0 Å². The minimum Gasteiger partial charge on any atom is -0.324 e. The summed E-state index contributed by atoms with van der Waals surface area (Å²) in [4.78, 5) is 0. The van der Waals surface area contributed by atoms with Gasteiger partial charge in [0.05, 0.1) is 0 Å². The third-order valence-corrected chi connectivity index (χ3v) is 5.43. The molecule has 1 aliphatic rings. The molecule has 0 spiro atoms. The Morgan fingerprint density at radius 3 is 2.29 bits per heavy atom. The van der Waals surface area contributed by atoms with Crippen molar-refractivity contribution in [2.45, 2.75) is 39.2 Å². The Morgan fingerprint density at radius 1 is 0.952 bits per heavy atom. The number of rotatable bonds is 2. The standard InChI is InChI=1S/C19H24BrN/c1-12-7-13(2)9-17(8-12)19(21)16-4-3-15-11-18(20)6-5-14(15)10-16/h3-6,10-13,17,19H,7-9,21H2,1-2H3. The normalized spacial score (nSPS) is 27.7. The predicted molar refractivity (Wildman–Crippen MR) is 94.2 cm³/mol. The lowest BCUT2D eigenvalue weighted by molar-refractivity contribution is 0.193. The molecule has 0 radical (unpaired) electrons. The Morgan fingerprint density at radius 2 is 1.57 bits per heavy atom. The molecular formula is C19H24BrN. The Kier molecular flexibility index (Phi) is 4.37. The van der Waals surface area contributed by atoms with Crippen LogP contribution in [0.15, 0.2) is 40.9 Å². The number of hydrogen-bond donors (Lipinski definition) is 1. The molecule has 3 unspecified atom stereocenters. The van der Waals surface area contributed by atoms with Gasteiger partial charge in [0.15, 0.2) is 0 Å². The molecule has 1 aliphatic carbocycles. The minimum atomic E-state index is 0.170. The van der Waals surface area contributed by atoms with Gasteiger partial charge < -0.3 is 5.73 Å². The smallest absolute Gasteiger partial charge is 0.0323 e. The average Bonchev–Trinajstić information content (AvgIpc) is 2.45. The van der Waals surface area contributed by atoms with E-state index < -0.39 is 0 Å². The van der Waals surface area contributed by atoms with Gasteiger partial charge in [-0.05, 0) is 71.6 Å². The fourth-order valence-electron chi connectivity index (χ4n) is 4.02. The van der Waals surface area contributed by atoms with Gasteiger partial charge in [0.1, 0.15) is 0 Å². The van der Waals surface area contributed by atoms with E-state index in [9.17, 15) is 0 Å². The fraction of sp³-hybridized carbons (Fsp3) is 0.474. The first-order valence-electron chi connectivity index (χ1n) is 7.97. The average molecular weight is 346 g/mol. The predicted octanol–water partition coefficient (Wildman–Crippen LogP) is 5.67. The molecular weight excluding hydrogens is 322 g/mol. The van der Waals surface area contributed by atoms with Crippen LogP contribution in [0.4, 0.5) is 0 Å². The first-order chi connectivity index (χ1) is 10.0. The van der Waals surface area contributed by atoms with E-state index in [1.165, 1.54) is 35.6 Å². The molecule has 21 heavy (non-hydrogen) atoms. The highest BCUT2D eigenvalue weighted by molar-refractivity contribution is 9.10. The molecule has 0 aliphatic heterocycles. The van der Waals surface area contributed by atoms with E-state index in [2.05, 4.69) is 66.2 Å². The Bertz CT molecular complexity index is 626. The van der Waals surface area contributed by atoms with Crippen molar-refractivity contribution in [3.8, 4) is 0 Å². The van der Waals surface area contributed by atoms with Crippen molar-refractivity contribution in [1.82, 2.24) is 0 Å². The van der Waals surface area contributed by atoms with Gasteiger partial charge in [-0.1, -0.05) is 48.0 Å². The van der Waals surface area contributed by atoms with Crippen LogP contribution in [-0.4, -0.2) is 0 Å². The topological polar surface area (TPSA) is 26.0 Å². The van der Waals surface area contributed by atoms with E-state index in [4.69, 9.17) is 5.73 Å². The SMILES string of the molecule is CC1CC(C)CC(C(N)c2ccc3cc(Br)ccc3c2)C1. The summed E-state index contributed by atoms with van der Waals surface area (Å²) in [6.45, 7) is 4.74. The number of halogens is 1. The monoisotopic (exact) mass is 345 g/mol. The van der Waals surface area contributed by atoms with Gasteiger partial charge in [-0.3, -0.25) is 0 Å². The van der Waals surface area contributed by atoms with Crippen LogP contribution >= 0.6 is 15.9 Å². The summed E-state index contributed by atoms with van der Waals surface area (Å²) in [6, 6.07) is 13.3. The van der Waals surface area contributed by atoms with E-state index in [-0.39, 0.29) is 6.04 Å². The lowest BCUT2D eigenvalue weighted by Crippen LogP contribution is -2.29. The molecule has 1 saturated carbocycles. The lowest BCUT2D eigenvalue weighted by Gasteiger charge is -2.35. The highest BCUT2D eigenvalue weighted by Gasteiger charge is 2.28. The summed E-state index contributed by atoms with van der Waals surface area (Å²) >= 11 is 3.53. The van der Waals surface area contributed by atoms with E-state index in [1.807, 2.05) is 0 Å². The van der Waals surface area contributed by atoms with Crippen molar-refractivity contribution in [2.24, 2.45) is 23.5 Å². The van der Waals surface area contributed by atoms with Crippen molar-refractivity contribution in [3.05, 3.63) is 46.4 Å². The van der Waals surface area contributed by atoms with Crippen molar-refractivity contribution in [3.63, 3.8) is 0 Å². The van der Waals surface area contributed by atoms with E-state index in [0.29, 0.717) is 5.92 Å². The molecule has 0 amide bonds. The maximum Gasteiger partial charge on any atom is 0.0323 e. The fourth-order valence-corrected chi connectivity index (χ4v) is 4.40. The summed E-state index contributed by atoms with van der Waals surface area (Å²) in [7, 11) is 0. The second kappa shape index (κ2) is 6.10. The molecule has 2 N–H and O–H groups in total. The molecule has 0 saturated heterocycles. The Labute approximate surface area is 136 Å². The molecule has 0 heterocycles. The van der Waals surface area contributed by atoms with Crippen LogP contribution in [0, 0.1) is 17.8 Å². The first kappa shape index (κ1) is 15.1. The summed E-state index contributed by atoms with van der Waals surface area (Å²) in [5.74, 6) is 2.24. The summed E-state index contributed by atoms with van der Waals surface area (Å²) < 4.78 is 1.13. The molecule has 2 aromatic rings. The van der Waals surface area contributed by atoms with Crippen LogP contribution in [0.3, 0.4) is 0 Å². The molecule has 0 bridgehead atoms. The second-order valence-corrected chi connectivity index (χ2v) is 7.87. The van der Waals surface area contributed by atoms with Gasteiger partial charge in [0.2, 0.25) is 0 Å². The molecule has 1 fully saturated rings. The van der Waals surface area contributed by atoms with Gasteiger partial charge in [0, 0.05) is 10.5 Å². The largest absolute Gasteiger partial charge is 0.324 e. The van der Waals surface area contributed by atoms with Crippen LogP contribution in [0.5, 0.6) is 0 Å². The Hall–Kier alpha value is -0.860. The second-order valence-electron chi connectivity index (χ2n) is 6.95.